The first-order valence-electron chi connectivity index (χ1n) is 7.07. The molecule has 0 radical (unpaired) electrons. The van der Waals surface area contributed by atoms with Crippen LogP contribution in [0.3, 0.4) is 0 Å². The van der Waals surface area contributed by atoms with E-state index in [1.165, 1.54) is 0 Å². The first kappa shape index (κ1) is 12.3. The Morgan fingerprint density at radius 2 is 2.05 bits per heavy atom. The Hall–Kier alpha value is -2.49. The Morgan fingerprint density at radius 3 is 2.86 bits per heavy atom. The quantitative estimate of drug-likeness (QED) is 0.741. The van der Waals surface area contributed by atoms with Crippen LogP contribution in [0.4, 0.5) is 0 Å². The molecule has 0 fully saturated rings. The number of benzene rings is 2. The summed E-state index contributed by atoms with van der Waals surface area (Å²) in [6.07, 6.45) is 0.770. The van der Waals surface area contributed by atoms with Crippen LogP contribution in [0.2, 0.25) is 0 Å². The van der Waals surface area contributed by atoms with Crippen LogP contribution in [-0.4, -0.2) is 21.8 Å². The van der Waals surface area contributed by atoms with Crippen LogP contribution in [-0.2, 0) is 6.42 Å². The van der Waals surface area contributed by atoms with Gasteiger partial charge in [-0.3, -0.25) is 0 Å². The fraction of sp³-hybridized carbons (Fsp3) is 0.235. The van der Waals surface area contributed by atoms with Gasteiger partial charge in [0.1, 0.15) is 5.82 Å². The molecule has 4 rings (SSSR count). The Kier molecular flexibility index (Phi) is 2.48. The molecule has 0 saturated carbocycles. The third-order valence-corrected chi connectivity index (χ3v) is 4.24. The van der Waals surface area contributed by atoms with Crippen molar-refractivity contribution < 1.29 is 9.84 Å². The van der Waals surface area contributed by atoms with E-state index < -0.39 is 0 Å². The summed E-state index contributed by atoms with van der Waals surface area (Å²) in [5.74, 6) is 1.67. The molecule has 1 N–H and O–H groups in total. The van der Waals surface area contributed by atoms with E-state index >= 15 is 0 Å². The minimum Gasteiger partial charge on any atom is -0.504 e. The van der Waals surface area contributed by atoms with Crippen LogP contribution >= 0.6 is 0 Å². The number of hydrogen-bond acceptors (Lipinski definition) is 3. The van der Waals surface area contributed by atoms with Crippen molar-refractivity contribution >= 4 is 11.0 Å². The zero-order chi connectivity index (χ0) is 14.6. The van der Waals surface area contributed by atoms with Gasteiger partial charge in [-0.25, -0.2) is 4.98 Å². The Bertz CT molecular complexity index is 851. The lowest BCUT2D eigenvalue weighted by molar-refractivity contribution is 0.368. The molecule has 4 heteroatoms. The SMILES string of the molecule is COc1ccc2c(c1O)CC(C)n1c-2nc2ccccc21. The molecule has 1 atom stereocenters. The molecule has 2 aromatic carbocycles. The molecular weight excluding hydrogens is 264 g/mol. The van der Waals surface area contributed by atoms with Gasteiger partial charge >= 0.3 is 0 Å². The molecule has 1 aliphatic rings. The van der Waals surface area contributed by atoms with Crippen molar-refractivity contribution in [2.75, 3.05) is 7.11 Å². The topological polar surface area (TPSA) is 47.3 Å². The fourth-order valence-corrected chi connectivity index (χ4v) is 3.26. The molecule has 2 heterocycles. The highest BCUT2D eigenvalue weighted by Gasteiger charge is 2.28. The van der Waals surface area contributed by atoms with Crippen LogP contribution in [0.5, 0.6) is 11.5 Å². The van der Waals surface area contributed by atoms with E-state index in [1.54, 1.807) is 13.2 Å². The molecule has 0 amide bonds. The number of imidazole rings is 1. The first-order chi connectivity index (χ1) is 10.2. The minimum atomic E-state index is 0.236. The van der Waals surface area contributed by atoms with E-state index in [0.717, 1.165) is 34.4 Å². The van der Waals surface area contributed by atoms with E-state index in [2.05, 4.69) is 17.6 Å². The summed E-state index contributed by atoms with van der Waals surface area (Å²) in [6.45, 7) is 2.15. The molecule has 21 heavy (non-hydrogen) atoms. The average Bonchev–Trinajstić information content (AvgIpc) is 2.89. The van der Waals surface area contributed by atoms with E-state index in [-0.39, 0.29) is 11.8 Å². The van der Waals surface area contributed by atoms with Gasteiger partial charge in [-0.15, -0.1) is 0 Å². The highest BCUT2D eigenvalue weighted by Crippen LogP contribution is 2.44. The van der Waals surface area contributed by atoms with Gasteiger partial charge in [-0.1, -0.05) is 12.1 Å². The molecule has 0 aliphatic carbocycles. The molecule has 0 saturated heterocycles. The highest BCUT2D eigenvalue weighted by atomic mass is 16.5. The molecule has 1 aromatic heterocycles. The second-order valence-corrected chi connectivity index (χ2v) is 5.49. The third-order valence-electron chi connectivity index (χ3n) is 4.24. The Labute approximate surface area is 122 Å². The highest BCUT2D eigenvalue weighted by molar-refractivity contribution is 5.83. The Balaban J connectivity index is 2.06. The molecule has 1 unspecified atom stereocenters. The molecule has 0 spiro atoms. The molecule has 0 bridgehead atoms. The second-order valence-electron chi connectivity index (χ2n) is 5.49. The molecular formula is C17H16N2O2. The van der Waals surface area contributed by atoms with Crippen molar-refractivity contribution in [3.05, 3.63) is 42.0 Å². The predicted octanol–water partition coefficient (Wildman–Crippen LogP) is 3.53. The number of aromatic hydroxyl groups is 1. The zero-order valence-corrected chi connectivity index (χ0v) is 12.0. The summed E-state index contributed by atoms with van der Waals surface area (Å²) in [6, 6.07) is 12.2. The lowest BCUT2D eigenvalue weighted by Gasteiger charge is -2.26. The van der Waals surface area contributed by atoms with Gasteiger partial charge in [0.05, 0.1) is 18.1 Å². The largest absolute Gasteiger partial charge is 0.504 e. The number of fused-ring (bicyclic) bond motifs is 5. The van der Waals surface area contributed by atoms with Crippen LogP contribution < -0.4 is 4.74 Å². The summed E-state index contributed by atoms with van der Waals surface area (Å²) in [5.41, 5.74) is 4.04. The number of para-hydroxylation sites is 2. The number of phenolic OH excluding ortho intramolecular Hbond substituents is 1. The number of nitrogens with zero attached hydrogens (tertiary/aromatic N) is 2. The maximum Gasteiger partial charge on any atom is 0.161 e. The maximum absolute atomic E-state index is 10.4. The number of methoxy groups -OCH3 is 1. The molecule has 3 aromatic rings. The van der Waals surface area contributed by atoms with Crippen molar-refractivity contribution in [2.45, 2.75) is 19.4 Å². The maximum atomic E-state index is 10.4. The van der Waals surface area contributed by atoms with Crippen LogP contribution in [0.15, 0.2) is 36.4 Å². The van der Waals surface area contributed by atoms with Crippen LogP contribution in [0.25, 0.3) is 22.4 Å². The number of phenols is 1. The average molecular weight is 280 g/mol. The summed E-state index contributed by atoms with van der Waals surface area (Å²) in [7, 11) is 1.57. The van der Waals surface area contributed by atoms with Gasteiger partial charge in [0.2, 0.25) is 0 Å². The van der Waals surface area contributed by atoms with Crippen molar-refractivity contribution in [1.82, 2.24) is 9.55 Å². The van der Waals surface area contributed by atoms with Crippen molar-refractivity contribution in [3.8, 4) is 22.9 Å². The summed E-state index contributed by atoms with van der Waals surface area (Å²) in [5, 5.41) is 10.4. The second kappa shape index (κ2) is 4.25. The first-order valence-corrected chi connectivity index (χ1v) is 7.07. The van der Waals surface area contributed by atoms with E-state index in [9.17, 15) is 5.11 Å². The van der Waals surface area contributed by atoms with Crippen molar-refractivity contribution in [2.24, 2.45) is 0 Å². The van der Waals surface area contributed by atoms with Crippen molar-refractivity contribution in [3.63, 3.8) is 0 Å². The normalized spacial score (nSPS) is 16.6. The number of aromatic nitrogens is 2. The van der Waals surface area contributed by atoms with E-state index in [0.29, 0.717) is 5.75 Å². The monoisotopic (exact) mass is 280 g/mol. The number of ether oxygens (including phenoxy) is 1. The summed E-state index contributed by atoms with van der Waals surface area (Å²) < 4.78 is 7.47. The number of rotatable bonds is 1. The molecule has 106 valence electrons. The van der Waals surface area contributed by atoms with E-state index in [4.69, 9.17) is 9.72 Å². The van der Waals surface area contributed by atoms with Gasteiger partial charge in [0.15, 0.2) is 11.5 Å². The van der Waals surface area contributed by atoms with Crippen LogP contribution in [0, 0.1) is 0 Å². The molecule has 1 aliphatic heterocycles. The summed E-state index contributed by atoms with van der Waals surface area (Å²) in [4.78, 5) is 4.75. The molecule has 4 nitrogen and oxygen atoms in total. The van der Waals surface area contributed by atoms with Gasteiger partial charge in [-0.05, 0) is 37.6 Å². The van der Waals surface area contributed by atoms with Gasteiger partial charge in [-0.2, -0.15) is 0 Å². The fourth-order valence-electron chi connectivity index (χ4n) is 3.26. The van der Waals surface area contributed by atoms with Gasteiger partial charge < -0.3 is 14.4 Å². The predicted molar refractivity (Wildman–Crippen MR) is 81.8 cm³/mol. The lowest BCUT2D eigenvalue weighted by atomic mass is 9.94. The summed E-state index contributed by atoms with van der Waals surface area (Å²) >= 11 is 0. The smallest absolute Gasteiger partial charge is 0.161 e. The van der Waals surface area contributed by atoms with E-state index in [1.807, 2.05) is 24.3 Å². The third kappa shape index (κ3) is 1.59. The zero-order valence-electron chi connectivity index (χ0n) is 12.0. The lowest BCUT2D eigenvalue weighted by Crippen LogP contribution is -2.16. The standard InChI is InChI=1S/C17H16N2O2/c1-10-9-12-11(7-8-15(21-2)16(12)20)17-18-13-5-3-4-6-14(13)19(10)17/h3-8,10,20H,9H2,1-2H3. The van der Waals surface area contributed by atoms with Gasteiger partial charge in [0.25, 0.3) is 0 Å². The van der Waals surface area contributed by atoms with Crippen molar-refractivity contribution in [1.29, 1.82) is 0 Å². The van der Waals surface area contributed by atoms with Gasteiger partial charge in [0, 0.05) is 17.2 Å². The Morgan fingerprint density at radius 1 is 1.24 bits per heavy atom. The van der Waals surface area contributed by atoms with Crippen LogP contribution in [0.1, 0.15) is 18.5 Å². The number of hydrogen-bond donors (Lipinski definition) is 1. The minimum absolute atomic E-state index is 0.236.